The lowest BCUT2D eigenvalue weighted by Gasteiger charge is -2.27. The Kier molecular flexibility index (Phi) is 3.09. The molecule has 1 heterocycles. The van der Waals surface area contributed by atoms with E-state index < -0.39 is 0 Å². The van der Waals surface area contributed by atoms with E-state index >= 15 is 0 Å². The minimum Gasteiger partial charge on any atom is -0.491 e. The van der Waals surface area contributed by atoms with Gasteiger partial charge >= 0.3 is 0 Å². The van der Waals surface area contributed by atoms with Crippen molar-refractivity contribution in [2.75, 3.05) is 13.2 Å². The van der Waals surface area contributed by atoms with Gasteiger partial charge in [-0.05, 0) is 6.07 Å². The molecule has 1 aliphatic heterocycles. The van der Waals surface area contributed by atoms with E-state index in [-0.39, 0.29) is 11.3 Å². The molecule has 0 N–H and O–H groups in total. The van der Waals surface area contributed by atoms with Crippen LogP contribution in [0, 0.1) is 5.41 Å². The van der Waals surface area contributed by atoms with E-state index in [1.165, 1.54) is 0 Å². The second kappa shape index (κ2) is 4.40. The summed E-state index contributed by atoms with van der Waals surface area (Å²) < 4.78 is 5.65. The maximum absolute atomic E-state index is 12.3. The summed E-state index contributed by atoms with van der Waals surface area (Å²) >= 11 is 0. The highest BCUT2D eigenvalue weighted by Crippen LogP contribution is 2.25. The van der Waals surface area contributed by atoms with Gasteiger partial charge in [-0.3, -0.25) is 4.79 Å². The highest BCUT2D eigenvalue weighted by molar-refractivity contribution is 5.81. The molecule has 0 aliphatic carbocycles. The second-order valence-electron chi connectivity index (χ2n) is 5.43. The molecular formula is C14H19NO2. The summed E-state index contributed by atoms with van der Waals surface area (Å²) in [6.07, 6.45) is 0. The Morgan fingerprint density at radius 3 is 2.71 bits per heavy atom. The fraction of sp³-hybridized carbons (Fsp3) is 0.500. The maximum atomic E-state index is 12.3. The van der Waals surface area contributed by atoms with Crippen LogP contribution in [-0.4, -0.2) is 24.0 Å². The summed E-state index contributed by atoms with van der Waals surface area (Å²) in [7, 11) is 0. The maximum Gasteiger partial charge on any atom is 0.228 e. The van der Waals surface area contributed by atoms with Crippen molar-refractivity contribution < 1.29 is 9.53 Å². The number of para-hydroxylation sites is 1. The molecule has 92 valence electrons. The Bertz CT molecular complexity index is 420. The fourth-order valence-corrected chi connectivity index (χ4v) is 1.97. The zero-order valence-corrected chi connectivity index (χ0v) is 10.7. The van der Waals surface area contributed by atoms with Crippen molar-refractivity contribution in [3.05, 3.63) is 29.8 Å². The molecule has 3 heteroatoms. The Labute approximate surface area is 102 Å². The number of fused-ring (bicyclic) bond motifs is 1. The third-order valence-corrected chi connectivity index (χ3v) is 2.88. The summed E-state index contributed by atoms with van der Waals surface area (Å²) in [5.74, 6) is 1.08. The molecular weight excluding hydrogens is 214 g/mol. The Balaban J connectivity index is 2.22. The van der Waals surface area contributed by atoms with Gasteiger partial charge in [0.2, 0.25) is 5.91 Å². The summed E-state index contributed by atoms with van der Waals surface area (Å²) in [6, 6.07) is 7.91. The van der Waals surface area contributed by atoms with E-state index in [1.54, 1.807) is 0 Å². The van der Waals surface area contributed by atoms with Crippen molar-refractivity contribution in [2.24, 2.45) is 5.41 Å². The molecule has 1 amide bonds. The molecule has 3 nitrogen and oxygen atoms in total. The number of hydrogen-bond acceptors (Lipinski definition) is 2. The number of carbonyl (C=O) groups excluding carboxylic acids is 1. The van der Waals surface area contributed by atoms with Gasteiger partial charge < -0.3 is 9.64 Å². The molecule has 0 atom stereocenters. The predicted molar refractivity (Wildman–Crippen MR) is 66.8 cm³/mol. The number of ether oxygens (including phenoxy) is 1. The monoisotopic (exact) mass is 233 g/mol. The van der Waals surface area contributed by atoms with Gasteiger partial charge in [0, 0.05) is 17.5 Å². The fourth-order valence-electron chi connectivity index (χ4n) is 1.97. The number of nitrogens with zero attached hydrogens (tertiary/aromatic N) is 1. The zero-order valence-electron chi connectivity index (χ0n) is 10.7. The van der Waals surface area contributed by atoms with Crippen LogP contribution in [0.1, 0.15) is 26.3 Å². The molecule has 0 fully saturated rings. The molecule has 2 rings (SSSR count). The van der Waals surface area contributed by atoms with E-state index in [2.05, 4.69) is 0 Å². The second-order valence-corrected chi connectivity index (χ2v) is 5.43. The van der Waals surface area contributed by atoms with Crippen LogP contribution in [0.15, 0.2) is 24.3 Å². The van der Waals surface area contributed by atoms with E-state index in [1.807, 2.05) is 49.9 Å². The third kappa shape index (κ3) is 2.60. The summed E-state index contributed by atoms with van der Waals surface area (Å²) in [5.41, 5.74) is 0.752. The van der Waals surface area contributed by atoms with Crippen LogP contribution >= 0.6 is 0 Å². The predicted octanol–water partition coefficient (Wildman–Crippen LogP) is 2.45. The third-order valence-electron chi connectivity index (χ3n) is 2.88. The quantitative estimate of drug-likeness (QED) is 0.689. The van der Waals surface area contributed by atoms with Gasteiger partial charge in [-0.2, -0.15) is 0 Å². The topological polar surface area (TPSA) is 29.5 Å². The van der Waals surface area contributed by atoms with Crippen LogP contribution < -0.4 is 4.74 Å². The summed E-state index contributed by atoms with van der Waals surface area (Å²) in [4.78, 5) is 14.1. The summed E-state index contributed by atoms with van der Waals surface area (Å²) in [5, 5.41) is 0. The van der Waals surface area contributed by atoms with Gasteiger partial charge in [0.15, 0.2) is 0 Å². The number of amides is 1. The highest BCUT2D eigenvalue weighted by Gasteiger charge is 2.28. The SMILES string of the molecule is CC(C)(C)C(=O)N1CCOc2ccccc2C1. The number of hydrogen-bond donors (Lipinski definition) is 0. The largest absolute Gasteiger partial charge is 0.491 e. The van der Waals surface area contributed by atoms with Crippen molar-refractivity contribution >= 4 is 5.91 Å². The normalized spacial score (nSPS) is 15.8. The van der Waals surface area contributed by atoms with Crippen LogP contribution in [0.5, 0.6) is 5.75 Å². The van der Waals surface area contributed by atoms with Gasteiger partial charge in [-0.15, -0.1) is 0 Å². The molecule has 0 aromatic heterocycles. The first-order valence-electron chi connectivity index (χ1n) is 5.98. The van der Waals surface area contributed by atoms with E-state index in [0.29, 0.717) is 19.7 Å². The standard InChI is InChI=1S/C14H19NO2/c1-14(2,3)13(16)15-8-9-17-12-7-5-4-6-11(12)10-15/h4-7H,8-10H2,1-3H3. The number of benzene rings is 1. The van der Waals surface area contributed by atoms with Gasteiger partial charge in [0.25, 0.3) is 0 Å². The smallest absolute Gasteiger partial charge is 0.228 e. The van der Waals surface area contributed by atoms with Gasteiger partial charge in [0.1, 0.15) is 12.4 Å². The minimum atomic E-state index is -0.334. The van der Waals surface area contributed by atoms with Crippen molar-refractivity contribution in [3.8, 4) is 5.75 Å². The average Bonchev–Trinajstić information content (AvgIpc) is 2.48. The molecule has 0 spiro atoms. The van der Waals surface area contributed by atoms with E-state index in [0.717, 1.165) is 11.3 Å². The van der Waals surface area contributed by atoms with Gasteiger partial charge in [-0.25, -0.2) is 0 Å². The molecule has 0 saturated carbocycles. The first-order chi connectivity index (χ1) is 7.98. The Hall–Kier alpha value is -1.51. The molecule has 1 aliphatic rings. The van der Waals surface area contributed by atoms with Gasteiger partial charge in [0.05, 0.1) is 6.54 Å². The zero-order chi connectivity index (χ0) is 12.5. The average molecular weight is 233 g/mol. The molecule has 0 saturated heterocycles. The lowest BCUT2D eigenvalue weighted by molar-refractivity contribution is -0.140. The lowest BCUT2D eigenvalue weighted by Crippen LogP contribution is -2.40. The lowest BCUT2D eigenvalue weighted by atomic mass is 9.94. The van der Waals surface area contributed by atoms with Crippen LogP contribution in [0.3, 0.4) is 0 Å². The molecule has 1 aromatic carbocycles. The molecule has 0 radical (unpaired) electrons. The van der Waals surface area contributed by atoms with E-state index in [4.69, 9.17) is 4.74 Å². The van der Waals surface area contributed by atoms with Crippen molar-refractivity contribution in [1.82, 2.24) is 4.90 Å². The van der Waals surface area contributed by atoms with Crippen molar-refractivity contribution in [3.63, 3.8) is 0 Å². The number of rotatable bonds is 0. The highest BCUT2D eigenvalue weighted by atomic mass is 16.5. The summed E-state index contributed by atoms with van der Waals surface area (Å²) in [6.45, 7) is 7.73. The molecule has 1 aromatic rings. The van der Waals surface area contributed by atoms with E-state index in [9.17, 15) is 4.79 Å². The first kappa shape index (κ1) is 12.0. The molecule has 17 heavy (non-hydrogen) atoms. The molecule has 0 bridgehead atoms. The number of carbonyl (C=O) groups is 1. The Morgan fingerprint density at radius 1 is 1.29 bits per heavy atom. The van der Waals surface area contributed by atoms with Crippen molar-refractivity contribution in [2.45, 2.75) is 27.3 Å². The van der Waals surface area contributed by atoms with Crippen LogP contribution in [0.25, 0.3) is 0 Å². The van der Waals surface area contributed by atoms with Crippen LogP contribution in [-0.2, 0) is 11.3 Å². The van der Waals surface area contributed by atoms with Gasteiger partial charge in [-0.1, -0.05) is 39.0 Å². The van der Waals surface area contributed by atoms with Crippen LogP contribution in [0.2, 0.25) is 0 Å². The first-order valence-corrected chi connectivity index (χ1v) is 5.98. The Morgan fingerprint density at radius 2 is 2.00 bits per heavy atom. The van der Waals surface area contributed by atoms with Crippen molar-refractivity contribution in [1.29, 1.82) is 0 Å². The van der Waals surface area contributed by atoms with Crippen LogP contribution in [0.4, 0.5) is 0 Å². The minimum absolute atomic E-state index is 0.179. The molecule has 0 unspecified atom stereocenters.